The third-order valence-electron chi connectivity index (χ3n) is 4.94. The molecular formula is C22H26O7. The second kappa shape index (κ2) is 10.0. The first kappa shape index (κ1) is 22.3. The molecule has 0 aromatic rings. The standard InChI is InChI=1S/C22H26O7/c1-5-17(12-27-15(4)24)22(26)29-19-10-16(11-23)8-6-7-13(2)9-18-20(19)14(3)21(25)28-18/h5,8-9,11,18-20H,3,6-7,10,12H2,1-2,4H3. The Morgan fingerprint density at radius 3 is 2.72 bits per heavy atom. The van der Waals surface area contributed by atoms with Crippen LogP contribution in [0, 0.1) is 5.92 Å². The lowest BCUT2D eigenvalue weighted by atomic mass is 9.85. The minimum absolute atomic E-state index is 0.128. The van der Waals surface area contributed by atoms with Crippen LogP contribution in [0.3, 0.4) is 0 Å². The third-order valence-corrected chi connectivity index (χ3v) is 4.94. The quantitative estimate of drug-likeness (QED) is 0.229. The van der Waals surface area contributed by atoms with Crippen LogP contribution >= 0.6 is 0 Å². The summed E-state index contributed by atoms with van der Waals surface area (Å²) in [5.41, 5.74) is 1.84. The van der Waals surface area contributed by atoms with Crippen LogP contribution in [0.4, 0.5) is 0 Å². The van der Waals surface area contributed by atoms with Crippen molar-refractivity contribution in [2.45, 2.75) is 52.2 Å². The molecule has 3 atom stereocenters. The number of carbonyl (C=O) groups is 4. The van der Waals surface area contributed by atoms with Crippen molar-refractivity contribution in [2.75, 3.05) is 6.61 Å². The Balaban J connectivity index is 2.34. The van der Waals surface area contributed by atoms with Crippen LogP contribution in [0.25, 0.3) is 0 Å². The predicted octanol–water partition coefficient (Wildman–Crippen LogP) is 2.76. The van der Waals surface area contributed by atoms with Crippen molar-refractivity contribution in [3.05, 3.63) is 47.1 Å². The second-order valence-corrected chi connectivity index (χ2v) is 7.11. The molecule has 1 heterocycles. The minimum Gasteiger partial charge on any atom is -0.461 e. The fraction of sp³-hybridized carbons (Fsp3) is 0.455. The number of allylic oxidation sites excluding steroid dienone is 3. The van der Waals surface area contributed by atoms with Crippen molar-refractivity contribution >= 4 is 24.2 Å². The molecule has 0 radical (unpaired) electrons. The molecule has 0 N–H and O–H groups in total. The number of hydrogen-bond donors (Lipinski definition) is 0. The highest BCUT2D eigenvalue weighted by Gasteiger charge is 2.44. The Morgan fingerprint density at radius 1 is 1.38 bits per heavy atom. The van der Waals surface area contributed by atoms with E-state index in [2.05, 4.69) is 6.58 Å². The minimum atomic E-state index is -0.836. The fourth-order valence-corrected chi connectivity index (χ4v) is 3.34. The Kier molecular flexibility index (Phi) is 7.70. The van der Waals surface area contributed by atoms with Crippen molar-refractivity contribution in [3.63, 3.8) is 0 Å². The molecule has 7 heteroatoms. The average molecular weight is 402 g/mol. The molecule has 0 amide bonds. The number of rotatable bonds is 5. The Hall–Kier alpha value is -2.96. The SMILES string of the molecule is C=C1C(=O)OC2C=C(C)CCC=C(C=O)CC(OC(=O)C(=CC)COC(C)=O)C12. The summed E-state index contributed by atoms with van der Waals surface area (Å²) in [5.74, 6) is -2.37. The fourth-order valence-electron chi connectivity index (χ4n) is 3.34. The van der Waals surface area contributed by atoms with Crippen molar-refractivity contribution in [1.82, 2.24) is 0 Å². The molecule has 0 saturated carbocycles. The van der Waals surface area contributed by atoms with Gasteiger partial charge in [0, 0.05) is 18.9 Å². The van der Waals surface area contributed by atoms with Crippen LogP contribution in [0.1, 0.15) is 40.0 Å². The monoisotopic (exact) mass is 402 g/mol. The summed E-state index contributed by atoms with van der Waals surface area (Å²) in [5, 5.41) is 0. The van der Waals surface area contributed by atoms with Gasteiger partial charge in [-0.3, -0.25) is 9.59 Å². The molecular weight excluding hydrogens is 376 g/mol. The first-order valence-electron chi connectivity index (χ1n) is 9.47. The Morgan fingerprint density at radius 2 is 2.10 bits per heavy atom. The summed E-state index contributed by atoms with van der Waals surface area (Å²) in [6, 6.07) is 0. The van der Waals surface area contributed by atoms with Gasteiger partial charge >= 0.3 is 17.9 Å². The number of carbonyl (C=O) groups excluding carboxylic acids is 4. The number of aldehydes is 1. The number of ether oxygens (including phenoxy) is 3. The lowest BCUT2D eigenvalue weighted by Crippen LogP contribution is -2.34. The van der Waals surface area contributed by atoms with Crippen LogP contribution in [0.5, 0.6) is 0 Å². The molecule has 0 aromatic carbocycles. The van der Waals surface area contributed by atoms with Crippen LogP contribution in [0.2, 0.25) is 0 Å². The smallest absolute Gasteiger partial charge is 0.337 e. The summed E-state index contributed by atoms with van der Waals surface area (Å²) in [7, 11) is 0. The van der Waals surface area contributed by atoms with Crippen molar-refractivity contribution in [2.24, 2.45) is 5.92 Å². The van der Waals surface area contributed by atoms with Crippen molar-refractivity contribution in [3.8, 4) is 0 Å². The largest absolute Gasteiger partial charge is 0.461 e. The zero-order valence-corrected chi connectivity index (χ0v) is 16.9. The van der Waals surface area contributed by atoms with Crippen molar-refractivity contribution < 1.29 is 33.4 Å². The Labute approximate surface area is 170 Å². The third kappa shape index (κ3) is 5.76. The van der Waals surface area contributed by atoms with E-state index in [1.165, 1.54) is 13.0 Å². The summed E-state index contributed by atoms with van der Waals surface area (Å²) in [6.45, 7) is 8.38. The molecule has 0 aromatic heterocycles. The highest BCUT2D eigenvalue weighted by Crippen LogP contribution is 2.36. The van der Waals surface area contributed by atoms with E-state index in [4.69, 9.17) is 14.2 Å². The number of hydrogen-bond acceptors (Lipinski definition) is 7. The van der Waals surface area contributed by atoms with Gasteiger partial charge in [-0.2, -0.15) is 0 Å². The molecule has 2 rings (SSSR count). The lowest BCUT2D eigenvalue weighted by molar-refractivity contribution is -0.149. The maximum absolute atomic E-state index is 12.7. The molecule has 1 saturated heterocycles. The molecule has 0 spiro atoms. The average Bonchev–Trinajstić information content (AvgIpc) is 2.93. The van der Waals surface area contributed by atoms with E-state index in [1.54, 1.807) is 13.0 Å². The van der Waals surface area contributed by atoms with Crippen LogP contribution < -0.4 is 0 Å². The van der Waals surface area contributed by atoms with Gasteiger partial charge in [-0.25, -0.2) is 9.59 Å². The second-order valence-electron chi connectivity index (χ2n) is 7.11. The molecule has 3 unspecified atom stereocenters. The maximum Gasteiger partial charge on any atom is 0.337 e. The highest BCUT2D eigenvalue weighted by molar-refractivity contribution is 5.92. The first-order chi connectivity index (χ1) is 13.8. The summed E-state index contributed by atoms with van der Waals surface area (Å²) in [6.07, 6.45) is 5.91. The maximum atomic E-state index is 12.7. The predicted molar refractivity (Wildman–Crippen MR) is 105 cm³/mol. The van der Waals surface area contributed by atoms with Crippen LogP contribution in [0.15, 0.2) is 47.1 Å². The molecule has 1 aliphatic carbocycles. The zero-order chi connectivity index (χ0) is 21.6. The number of fused-ring (bicyclic) bond motifs is 1. The van der Waals surface area contributed by atoms with E-state index in [0.717, 1.165) is 18.3 Å². The highest BCUT2D eigenvalue weighted by atomic mass is 16.6. The van der Waals surface area contributed by atoms with E-state index in [0.29, 0.717) is 12.0 Å². The van der Waals surface area contributed by atoms with Gasteiger partial charge in [-0.1, -0.05) is 24.3 Å². The van der Waals surface area contributed by atoms with Gasteiger partial charge in [0.05, 0.1) is 11.5 Å². The zero-order valence-electron chi connectivity index (χ0n) is 16.9. The van der Waals surface area contributed by atoms with Crippen LogP contribution in [-0.4, -0.2) is 43.0 Å². The van der Waals surface area contributed by atoms with E-state index in [-0.39, 0.29) is 24.2 Å². The number of esters is 3. The molecule has 156 valence electrons. The summed E-state index contributed by atoms with van der Waals surface area (Å²) < 4.78 is 16.0. The van der Waals surface area contributed by atoms with Crippen molar-refractivity contribution in [1.29, 1.82) is 0 Å². The van der Waals surface area contributed by atoms with Gasteiger partial charge in [-0.15, -0.1) is 0 Å². The first-order valence-corrected chi connectivity index (χ1v) is 9.47. The van der Waals surface area contributed by atoms with Gasteiger partial charge in [0.2, 0.25) is 0 Å². The van der Waals surface area contributed by atoms with Gasteiger partial charge in [0.15, 0.2) is 0 Å². The van der Waals surface area contributed by atoms with E-state index in [9.17, 15) is 19.2 Å². The lowest BCUT2D eigenvalue weighted by Gasteiger charge is -2.27. The molecule has 29 heavy (non-hydrogen) atoms. The van der Waals surface area contributed by atoms with Crippen LogP contribution in [-0.2, 0) is 33.4 Å². The van der Waals surface area contributed by atoms with E-state index < -0.39 is 36.0 Å². The Bertz CT molecular complexity index is 800. The van der Waals surface area contributed by atoms with Gasteiger partial charge < -0.3 is 14.2 Å². The summed E-state index contributed by atoms with van der Waals surface area (Å²) in [4.78, 5) is 47.4. The molecule has 0 bridgehead atoms. The molecule has 2 aliphatic rings. The van der Waals surface area contributed by atoms with Gasteiger partial charge in [0.25, 0.3) is 0 Å². The van der Waals surface area contributed by atoms with E-state index in [1.807, 2.05) is 13.0 Å². The summed E-state index contributed by atoms with van der Waals surface area (Å²) >= 11 is 0. The molecule has 1 fully saturated rings. The normalized spacial score (nSPS) is 25.2. The molecule has 1 aliphatic heterocycles. The van der Waals surface area contributed by atoms with Gasteiger partial charge in [0.1, 0.15) is 25.1 Å². The molecule has 7 nitrogen and oxygen atoms in total. The topological polar surface area (TPSA) is 96.0 Å². The van der Waals surface area contributed by atoms with E-state index >= 15 is 0 Å². The van der Waals surface area contributed by atoms with Gasteiger partial charge in [-0.05, 0) is 38.3 Å².